The fourth-order valence-corrected chi connectivity index (χ4v) is 1.07. The molecule has 0 unspecified atom stereocenters. The number of benzene rings is 1. The van der Waals surface area contributed by atoms with E-state index < -0.39 is 0 Å². The number of carbonyl (C=O) groups excluding carboxylic acids is 1. The number of ketones is 1. The van der Waals surface area contributed by atoms with Gasteiger partial charge < -0.3 is 4.74 Å². The quantitative estimate of drug-likeness (QED) is 0.733. The Morgan fingerprint density at radius 1 is 1.29 bits per heavy atom. The molecule has 0 radical (unpaired) electrons. The van der Waals surface area contributed by atoms with Crippen molar-refractivity contribution in [3.8, 4) is 5.75 Å². The van der Waals surface area contributed by atoms with Crippen LogP contribution in [0.3, 0.4) is 0 Å². The predicted octanol–water partition coefficient (Wildman–Crippen LogP) is 2.66. The van der Waals surface area contributed by atoms with Crippen molar-refractivity contribution < 1.29 is 9.53 Å². The Bertz CT molecular complexity index is 329. The molecule has 0 saturated carbocycles. The Labute approximate surface area is 84.9 Å². The van der Waals surface area contributed by atoms with Crippen molar-refractivity contribution in [1.29, 1.82) is 0 Å². The van der Waals surface area contributed by atoms with E-state index in [2.05, 4.69) is 6.92 Å². The molecule has 2 nitrogen and oxygen atoms in total. The third kappa shape index (κ3) is 2.87. The first kappa shape index (κ1) is 10.8. The minimum absolute atomic E-state index is 0.128. The second-order valence-electron chi connectivity index (χ2n) is 3.43. The van der Waals surface area contributed by atoms with E-state index in [1.54, 1.807) is 0 Å². The van der Waals surface area contributed by atoms with Gasteiger partial charge in [0.1, 0.15) is 12.4 Å². The molecule has 0 aliphatic heterocycles. The number of hydrogen-bond donors (Lipinski definition) is 0. The number of ether oxygens (including phenoxy) is 1. The second-order valence-corrected chi connectivity index (χ2v) is 3.43. The van der Waals surface area contributed by atoms with Gasteiger partial charge in [-0.3, -0.25) is 4.79 Å². The van der Waals surface area contributed by atoms with E-state index in [1.807, 2.05) is 32.0 Å². The van der Waals surface area contributed by atoms with Gasteiger partial charge in [-0.2, -0.15) is 0 Å². The summed E-state index contributed by atoms with van der Waals surface area (Å²) in [7, 11) is 0. The maximum atomic E-state index is 11.0. The normalized spacial score (nSPS) is 9.93. The van der Waals surface area contributed by atoms with Crippen molar-refractivity contribution in [2.24, 2.45) is 0 Å². The number of rotatable bonds is 4. The molecule has 0 fully saturated rings. The number of carbonyl (C=O) groups is 1. The maximum absolute atomic E-state index is 11.0. The van der Waals surface area contributed by atoms with Gasteiger partial charge in [0, 0.05) is 6.42 Å². The lowest BCUT2D eigenvalue weighted by Gasteiger charge is -2.06. The molecule has 0 aromatic heterocycles. The average Bonchev–Trinajstić information content (AvgIpc) is 2.19. The van der Waals surface area contributed by atoms with Gasteiger partial charge >= 0.3 is 0 Å². The molecule has 14 heavy (non-hydrogen) atoms. The van der Waals surface area contributed by atoms with Gasteiger partial charge in [-0.1, -0.05) is 13.0 Å². The van der Waals surface area contributed by atoms with Crippen LogP contribution in [0.25, 0.3) is 0 Å². The Morgan fingerprint density at radius 2 is 2.00 bits per heavy atom. The topological polar surface area (TPSA) is 26.3 Å². The van der Waals surface area contributed by atoms with Crippen LogP contribution in [0.1, 0.15) is 24.5 Å². The zero-order chi connectivity index (χ0) is 10.6. The molecule has 0 aliphatic carbocycles. The largest absolute Gasteiger partial charge is 0.486 e. The summed E-state index contributed by atoms with van der Waals surface area (Å²) in [4.78, 5) is 11.0. The van der Waals surface area contributed by atoms with Crippen LogP contribution in [0, 0.1) is 13.8 Å². The van der Waals surface area contributed by atoms with Crippen molar-refractivity contribution in [2.75, 3.05) is 6.61 Å². The number of hydrogen-bond acceptors (Lipinski definition) is 2. The lowest BCUT2D eigenvalue weighted by molar-refractivity contribution is -0.120. The van der Waals surface area contributed by atoms with E-state index in [-0.39, 0.29) is 12.4 Å². The van der Waals surface area contributed by atoms with E-state index >= 15 is 0 Å². The van der Waals surface area contributed by atoms with Gasteiger partial charge in [0.25, 0.3) is 0 Å². The molecule has 1 rings (SSSR count). The van der Waals surface area contributed by atoms with E-state index in [4.69, 9.17) is 4.74 Å². The van der Waals surface area contributed by atoms with Crippen molar-refractivity contribution in [2.45, 2.75) is 27.2 Å². The standard InChI is InChI=1S/C12H16O2/c1-4-11(13)8-14-12-6-5-9(2)10(3)7-12/h5-7H,4,8H2,1-3H3. The molecule has 0 bridgehead atoms. The smallest absolute Gasteiger partial charge is 0.169 e. The summed E-state index contributed by atoms with van der Waals surface area (Å²) in [5, 5.41) is 0. The van der Waals surface area contributed by atoms with Crippen LogP contribution in [-0.4, -0.2) is 12.4 Å². The summed E-state index contributed by atoms with van der Waals surface area (Å²) in [5.74, 6) is 0.901. The van der Waals surface area contributed by atoms with Crippen molar-refractivity contribution in [3.05, 3.63) is 29.3 Å². The third-order valence-corrected chi connectivity index (χ3v) is 2.27. The molecule has 2 heteroatoms. The highest BCUT2D eigenvalue weighted by Gasteiger charge is 2.00. The minimum atomic E-state index is 0.128. The van der Waals surface area contributed by atoms with Gasteiger partial charge in [-0.15, -0.1) is 0 Å². The molecule has 76 valence electrons. The van der Waals surface area contributed by atoms with Gasteiger partial charge in [0.05, 0.1) is 0 Å². The van der Waals surface area contributed by atoms with Gasteiger partial charge in [0.2, 0.25) is 0 Å². The van der Waals surface area contributed by atoms with Crippen LogP contribution in [0.2, 0.25) is 0 Å². The van der Waals surface area contributed by atoms with Crippen molar-refractivity contribution >= 4 is 5.78 Å². The Kier molecular flexibility index (Phi) is 3.69. The third-order valence-electron chi connectivity index (χ3n) is 2.27. The van der Waals surface area contributed by atoms with Crippen LogP contribution >= 0.6 is 0 Å². The molecule has 0 amide bonds. The first-order valence-electron chi connectivity index (χ1n) is 4.85. The lowest BCUT2D eigenvalue weighted by atomic mass is 10.1. The fourth-order valence-electron chi connectivity index (χ4n) is 1.07. The molecule has 1 aromatic rings. The Balaban J connectivity index is 2.60. The maximum Gasteiger partial charge on any atom is 0.169 e. The summed E-state index contributed by atoms with van der Waals surface area (Å²) in [6, 6.07) is 5.85. The molecule has 1 aromatic carbocycles. The highest BCUT2D eigenvalue weighted by atomic mass is 16.5. The first-order valence-corrected chi connectivity index (χ1v) is 4.85. The molecular weight excluding hydrogens is 176 g/mol. The zero-order valence-corrected chi connectivity index (χ0v) is 8.96. The average molecular weight is 192 g/mol. The number of aryl methyl sites for hydroxylation is 2. The second kappa shape index (κ2) is 4.80. The molecular formula is C12H16O2. The van der Waals surface area contributed by atoms with Crippen LogP contribution in [0.15, 0.2) is 18.2 Å². The minimum Gasteiger partial charge on any atom is -0.486 e. The fraction of sp³-hybridized carbons (Fsp3) is 0.417. The van der Waals surface area contributed by atoms with Crippen LogP contribution in [-0.2, 0) is 4.79 Å². The highest BCUT2D eigenvalue weighted by Crippen LogP contribution is 2.16. The van der Waals surface area contributed by atoms with Gasteiger partial charge in [-0.25, -0.2) is 0 Å². The monoisotopic (exact) mass is 192 g/mol. The van der Waals surface area contributed by atoms with E-state index in [1.165, 1.54) is 11.1 Å². The first-order chi connectivity index (χ1) is 6.63. The SMILES string of the molecule is CCC(=O)COc1ccc(C)c(C)c1. The zero-order valence-electron chi connectivity index (χ0n) is 8.96. The molecule has 0 spiro atoms. The highest BCUT2D eigenvalue weighted by molar-refractivity contribution is 5.79. The predicted molar refractivity (Wildman–Crippen MR) is 56.7 cm³/mol. The summed E-state index contributed by atoms with van der Waals surface area (Å²) < 4.78 is 5.34. The Hall–Kier alpha value is -1.31. The molecule has 0 N–H and O–H groups in total. The summed E-state index contributed by atoms with van der Waals surface area (Å²) in [6.07, 6.45) is 0.533. The van der Waals surface area contributed by atoms with Crippen molar-refractivity contribution in [1.82, 2.24) is 0 Å². The lowest BCUT2D eigenvalue weighted by Crippen LogP contribution is -2.09. The van der Waals surface area contributed by atoms with Crippen LogP contribution in [0.4, 0.5) is 0 Å². The molecule has 0 aliphatic rings. The van der Waals surface area contributed by atoms with Crippen molar-refractivity contribution in [3.63, 3.8) is 0 Å². The summed E-state index contributed by atoms with van der Waals surface area (Å²) in [5.41, 5.74) is 2.42. The van der Waals surface area contributed by atoms with Gasteiger partial charge in [-0.05, 0) is 37.1 Å². The molecule has 0 atom stereocenters. The van der Waals surface area contributed by atoms with Gasteiger partial charge in [0.15, 0.2) is 5.78 Å². The Morgan fingerprint density at radius 3 is 2.57 bits per heavy atom. The number of Topliss-reactive ketones (excluding diaryl/α,β-unsaturated/α-hetero) is 1. The van der Waals surface area contributed by atoms with Crippen LogP contribution in [0.5, 0.6) is 5.75 Å². The molecule has 0 saturated heterocycles. The van der Waals surface area contributed by atoms with E-state index in [0.717, 1.165) is 5.75 Å². The van der Waals surface area contributed by atoms with E-state index in [0.29, 0.717) is 6.42 Å². The summed E-state index contributed by atoms with van der Waals surface area (Å²) >= 11 is 0. The van der Waals surface area contributed by atoms with E-state index in [9.17, 15) is 4.79 Å². The van der Waals surface area contributed by atoms with Crippen LogP contribution < -0.4 is 4.74 Å². The molecule has 0 heterocycles. The summed E-state index contributed by atoms with van der Waals surface area (Å²) in [6.45, 7) is 6.10.